The molecule has 12 heavy (non-hydrogen) atoms. The van der Waals surface area contributed by atoms with E-state index in [1.54, 1.807) is 6.92 Å². The molecule has 0 aliphatic heterocycles. The standard InChI is InChI=1S/C9H18O3/c1-5-6-12-9(4,7(2)3)8(10)11/h7H,5-6H2,1-4H3,(H,10,11). The molecule has 0 heterocycles. The minimum Gasteiger partial charge on any atom is -0.479 e. The summed E-state index contributed by atoms with van der Waals surface area (Å²) in [5, 5.41) is 8.90. The molecule has 0 radical (unpaired) electrons. The minimum absolute atomic E-state index is 0.0125. The van der Waals surface area contributed by atoms with Gasteiger partial charge in [0.2, 0.25) is 0 Å². The Morgan fingerprint density at radius 3 is 2.33 bits per heavy atom. The number of hydrogen-bond acceptors (Lipinski definition) is 2. The molecule has 0 aliphatic rings. The van der Waals surface area contributed by atoms with Crippen molar-refractivity contribution in [1.29, 1.82) is 0 Å². The summed E-state index contributed by atoms with van der Waals surface area (Å²) in [4.78, 5) is 10.8. The molecule has 0 aromatic carbocycles. The fraction of sp³-hybridized carbons (Fsp3) is 0.889. The van der Waals surface area contributed by atoms with Gasteiger partial charge in [0, 0.05) is 6.61 Å². The molecular formula is C9H18O3. The van der Waals surface area contributed by atoms with Gasteiger partial charge < -0.3 is 9.84 Å². The van der Waals surface area contributed by atoms with Crippen molar-refractivity contribution in [1.82, 2.24) is 0 Å². The van der Waals surface area contributed by atoms with Gasteiger partial charge in [-0.05, 0) is 19.3 Å². The summed E-state index contributed by atoms with van der Waals surface area (Å²) in [6.07, 6.45) is 0.843. The van der Waals surface area contributed by atoms with Gasteiger partial charge in [-0.15, -0.1) is 0 Å². The predicted molar refractivity (Wildman–Crippen MR) is 47.1 cm³/mol. The summed E-state index contributed by atoms with van der Waals surface area (Å²) in [7, 11) is 0. The number of aliphatic carboxylic acids is 1. The van der Waals surface area contributed by atoms with Crippen molar-refractivity contribution in [2.45, 2.75) is 39.7 Å². The fourth-order valence-electron chi connectivity index (χ4n) is 0.789. The summed E-state index contributed by atoms with van der Waals surface area (Å²) < 4.78 is 5.30. The van der Waals surface area contributed by atoms with Crippen LogP contribution in [0.3, 0.4) is 0 Å². The summed E-state index contributed by atoms with van der Waals surface area (Å²) in [5.74, 6) is -0.896. The molecule has 0 fully saturated rings. The van der Waals surface area contributed by atoms with Crippen molar-refractivity contribution >= 4 is 5.97 Å². The van der Waals surface area contributed by atoms with Crippen LogP contribution >= 0.6 is 0 Å². The van der Waals surface area contributed by atoms with E-state index in [1.165, 1.54) is 0 Å². The Kier molecular flexibility index (Phi) is 4.24. The van der Waals surface area contributed by atoms with Crippen LogP contribution in [0.1, 0.15) is 34.1 Å². The zero-order valence-electron chi connectivity index (χ0n) is 8.26. The second-order valence-corrected chi connectivity index (χ2v) is 3.42. The van der Waals surface area contributed by atoms with Crippen LogP contribution in [-0.4, -0.2) is 23.3 Å². The summed E-state index contributed by atoms with van der Waals surface area (Å²) in [6, 6.07) is 0. The van der Waals surface area contributed by atoms with Gasteiger partial charge in [0.05, 0.1) is 0 Å². The quantitative estimate of drug-likeness (QED) is 0.692. The van der Waals surface area contributed by atoms with Gasteiger partial charge in [0.15, 0.2) is 5.60 Å². The molecule has 0 aliphatic carbocycles. The van der Waals surface area contributed by atoms with Crippen molar-refractivity contribution in [2.75, 3.05) is 6.61 Å². The highest BCUT2D eigenvalue weighted by atomic mass is 16.5. The van der Waals surface area contributed by atoms with Crippen LogP contribution in [0.4, 0.5) is 0 Å². The van der Waals surface area contributed by atoms with Crippen LogP contribution in [0, 0.1) is 5.92 Å². The molecule has 1 N–H and O–H groups in total. The number of carbonyl (C=O) groups is 1. The van der Waals surface area contributed by atoms with Crippen molar-refractivity contribution in [3.8, 4) is 0 Å². The maximum Gasteiger partial charge on any atom is 0.335 e. The van der Waals surface area contributed by atoms with Crippen LogP contribution in [0.2, 0.25) is 0 Å². The molecule has 1 atom stereocenters. The van der Waals surface area contributed by atoms with Crippen LogP contribution in [0.25, 0.3) is 0 Å². The maximum absolute atomic E-state index is 10.8. The van der Waals surface area contributed by atoms with Gasteiger partial charge in [-0.1, -0.05) is 20.8 Å². The Balaban J connectivity index is 4.29. The first-order valence-electron chi connectivity index (χ1n) is 4.32. The number of ether oxygens (including phenoxy) is 1. The average molecular weight is 174 g/mol. The smallest absolute Gasteiger partial charge is 0.335 e. The highest BCUT2D eigenvalue weighted by Crippen LogP contribution is 2.21. The lowest BCUT2D eigenvalue weighted by molar-refractivity contribution is -0.169. The number of carboxylic acids is 1. The molecule has 3 nitrogen and oxygen atoms in total. The lowest BCUT2D eigenvalue weighted by Crippen LogP contribution is -2.43. The lowest BCUT2D eigenvalue weighted by Gasteiger charge is -2.28. The number of hydrogen-bond donors (Lipinski definition) is 1. The molecule has 0 aromatic heterocycles. The van der Waals surface area contributed by atoms with Crippen LogP contribution in [0.15, 0.2) is 0 Å². The molecule has 0 spiro atoms. The highest BCUT2D eigenvalue weighted by molar-refractivity contribution is 5.77. The van der Waals surface area contributed by atoms with Crippen LogP contribution < -0.4 is 0 Å². The first-order valence-corrected chi connectivity index (χ1v) is 4.32. The van der Waals surface area contributed by atoms with E-state index in [0.717, 1.165) is 6.42 Å². The van der Waals surface area contributed by atoms with Gasteiger partial charge >= 0.3 is 5.97 Å². The third-order valence-corrected chi connectivity index (χ3v) is 2.13. The van der Waals surface area contributed by atoms with E-state index in [-0.39, 0.29) is 5.92 Å². The summed E-state index contributed by atoms with van der Waals surface area (Å²) >= 11 is 0. The first-order chi connectivity index (χ1) is 5.45. The van der Waals surface area contributed by atoms with E-state index < -0.39 is 11.6 Å². The van der Waals surface area contributed by atoms with Crippen molar-refractivity contribution in [3.63, 3.8) is 0 Å². The van der Waals surface area contributed by atoms with Gasteiger partial charge in [-0.25, -0.2) is 4.79 Å². The maximum atomic E-state index is 10.8. The van der Waals surface area contributed by atoms with Gasteiger partial charge in [-0.2, -0.15) is 0 Å². The third kappa shape index (κ3) is 2.48. The summed E-state index contributed by atoms with van der Waals surface area (Å²) in [5.41, 5.74) is -1.03. The topological polar surface area (TPSA) is 46.5 Å². The van der Waals surface area contributed by atoms with Gasteiger partial charge in [0.25, 0.3) is 0 Å². The van der Waals surface area contributed by atoms with Gasteiger partial charge in [0.1, 0.15) is 0 Å². The van der Waals surface area contributed by atoms with E-state index in [4.69, 9.17) is 9.84 Å². The van der Waals surface area contributed by atoms with Crippen molar-refractivity contribution in [3.05, 3.63) is 0 Å². The Morgan fingerprint density at radius 2 is 2.08 bits per heavy atom. The monoisotopic (exact) mass is 174 g/mol. The largest absolute Gasteiger partial charge is 0.479 e. The minimum atomic E-state index is -1.03. The molecule has 0 saturated carbocycles. The normalized spacial score (nSPS) is 16.1. The highest BCUT2D eigenvalue weighted by Gasteiger charge is 2.37. The van der Waals surface area contributed by atoms with Crippen molar-refractivity contribution in [2.24, 2.45) is 5.92 Å². The zero-order chi connectivity index (χ0) is 9.78. The molecule has 0 bridgehead atoms. The number of carboxylic acid groups (broad SMARTS) is 1. The molecule has 1 unspecified atom stereocenters. The van der Waals surface area contributed by atoms with E-state index >= 15 is 0 Å². The number of rotatable bonds is 5. The molecule has 0 saturated heterocycles. The Bertz CT molecular complexity index is 154. The second-order valence-electron chi connectivity index (χ2n) is 3.42. The Labute approximate surface area is 73.7 Å². The van der Waals surface area contributed by atoms with Gasteiger partial charge in [-0.3, -0.25) is 0 Å². The first kappa shape index (κ1) is 11.4. The van der Waals surface area contributed by atoms with Crippen LogP contribution in [-0.2, 0) is 9.53 Å². The third-order valence-electron chi connectivity index (χ3n) is 2.13. The molecule has 0 aromatic rings. The van der Waals surface area contributed by atoms with E-state index in [1.807, 2.05) is 20.8 Å². The molecule has 0 rings (SSSR count). The molecule has 3 heteroatoms. The fourth-order valence-corrected chi connectivity index (χ4v) is 0.789. The zero-order valence-corrected chi connectivity index (χ0v) is 8.26. The SMILES string of the molecule is CCCOC(C)(C(=O)O)C(C)C. The van der Waals surface area contributed by atoms with Crippen LogP contribution in [0.5, 0.6) is 0 Å². The lowest BCUT2D eigenvalue weighted by atomic mass is 9.92. The molecule has 0 amide bonds. The van der Waals surface area contributed by atoms with E-state index in [9.17, 15) is 4.79 Å². The second kappa shape index (κ2) is 4.45. The van der Waals surface area contributed by atoms with Crippen molar-refractivity contribution < 1.29 is 14.6 Å². The molecular weight excluding hydrogens is 156 g/mol. The average Bonchev–Trinajstić information content (AvgIpc) is 1.99. The Hall–Kier alpha value is -0.570. The summed E-state index contributed by atoms with van der Waals surface area (Å²) in [6.45, 7) is 7.78. The predicted octanol–water partition coefficient (Wildman–Crippen LogP) is 1.91. The van der Waals surface area contributed by atoms with E-state index in [0.29, 0.717) is 6.61 Å². The molecule has 72 valence electrons. The Morgan fingerprint density at radius 1 is 1.58 bits per heavy atom. The van der Waals surface area contributed by atoms with E-state index in [2.05, 4.69) is 0 Å².